The van der Waals surface area contributed by atoms with E-state index in [1.807, 2.05) is 12.1 Å². The van der Waals surface area contributed by atoms with Gasteiger partial charge in [-0.3, -0.25) is 4.79 Å². The van der Waals surface area contributed by atoms with Crippen LogP contribution in [0.2, 0.25) is 0 Å². The zero-order valence-corrected chi connectivity index (χ0v) is 14.4. The maximum atomic E-state index is 12.8. The summed E-state index contributed by atoms with van der Waals surface area (Å²) in [4.78, 5) is 12.8. The zero-order valence-electron chi connectivity index (χ0n) is 14.4. The van der Waals surface area contributed by atoms with Crippen molar-refractivity contribution < 1.29 is 4.79 Å². The molecule has 1 aliphatic rings. The van der Waals surface area contributed by atoms with Crippen molar-refractivity contribution in [3.8, 4) is 0 Å². The SMILES string of the molecule is Cc1ccccc1C(NC(=O)[C@@H]1CCC[C@@H]1CN)C(C)(C)C. The lowest BCUT2D eigenvalue weighted by molar-refractivity contribution is -0.127. The number of carbonyl (C=O) groups excluding carboxylic acids is 1. The van der Waals surface area contributed by atoms with E-state index in [1.165, 1.54) is 11.1 Å². The molecule has 0 aromatic heterocycles. The van der Waals surface area contributed by atoms with Gasteiger partial charge in [-0.2, -0.15) is 0 Å². The predicted molar refractivity (Wildman–Crippen MR) is 91.4 cm³/mol. The highest BCUT2D eigenvalue weighted by Crippen LogP contribution is 2.36. The number of carbonyl (C=O) groups is 1. The van der Waals surface area contributed by atoms with Crippen molar-refractivity contribution in [3.63, 3.8) is 0 Å². The zero-order chi connectivity index (χ0) is 16.3. The molecular formula is C19H30N2O. The van der Waals surface area contributed by atoms with E-state index < -0.39 is 0 Å². The Hall–Kier alpha value is -1.35. The van der Waals surface area contributed by atoms with Gasteiger partial charge in [0.2, 0.25) is 5.91 Å². The van der Waals surface area contributed by atoms with Gasteiger partial charge in [-0.25, -0.2) is 0 Å². The van der Waals surface area contributed by atoms with Gasteiger partial charge in [-0.1, -0.05) is 51.5 Å². The third-order valence-electron chi connectivity index (χ3n) is 4.95. The van der Waals surface area contributed by atoms with Gasteiger partial charge in [0.15, 0.2) is 0 Å². The number of nitrogens with two attached hydrogens (primary N) is 1. The fourth-order valence-corrected chi connectivity index (χ4v) is 3.58. The highest BCUT2D eigenvalue weighted by Gasteiger charge is 2.35. The van der Waals surface area contributed by atoms with Gasteiger partial charge in [-0.15, -0.1) is 0 Å². The van der Waals surface area contributed by atoms with Crippen molar-refractivity contribution in [2.75, 3.05) is 6.54 Å². The maximum absolute atomic E-state index is 12.8. The van der Waals surface area contributed by atoms with Crippen LogP contribution in [0.1, 0.15) is 57.2 Å². The Bertz CT molecular complexity index is 518. The number of aryl methyl sites for hydroxylation is 1. The molecule has 1 unspecified atom stereocenters. The number of rotatable bonds is 4. The quantitative estimate of drug-likeness (QED) is 0.893. The summed E-state index contributed by atoms with van der Waals surface area (Å²) in [5.74, 6) is 0.604. The molecule has 0 bridgehead atoms. The fraction of sp³-hybridized carbons (Fsp3) is 0.632. The molecule has 0 radical (unpaired) electrons. The number of amides is 1. The Morgan fingerprint density at radius 2 is 2.00 bits per heavy atom. The third-order valence-corrected chi connectivity index (χ3v) is 4.95. The van der Waals surface area contributed by atoms with E-state index in [2.05, 4.69) is 45.1 Å². The van der Waals surface area contributed by atoms with Crippen LogP contribution in [0.4, 0.5) is 0 Å². The molecule has 0 spiro atoms. The summed E-state index contributed by atoms with van der Waals surface area (Å²) in [6, 6.07) is 8.35. The first-order chi connectivity index (χ1) is 10.3. The van der Waals surface area contributed by atoms with Crippen LogP contribution >= 0.6 is 0 Å². The lowest BCUT2D eigenvalue weighted by Gasteiger charge is -2.34. The van der Waals surface area contributed by atoms with Gasteiger partial charge in [0, 0.05) is 5.92 Å². The molecule has 1 amide bonds. The van der Waals surface area contributed by atoms with E-state index in [0.717, 1.165) is 19.3 Å². The van der Waals surface area contributed by atoms with Gasteiger partial charge in [-0.05, 0) is 48.8 Å². The van der Waals surface area contributed by atoms with Crippen molar-refractivity contribution in [2.24, 2.45) is 23.0 Å². The Kier molecular flexibility index (Phi) is 5.28. The smallest absolute Gasteiger partial charge is 0.223 e. The fourth-order valence-electron chi connectivity index (χ4n) is 3.58. The van der Waals surface area contributed by atoms with Crippen molar-refractivity contribution in [1.82, 2.24) is 5.32 Å². The van der Waals surface area contributed by atoms with Crippen molar-refractivity contribution >= 4 is 5.91 Å². The van der Waals surface area contributed by atoms with Gasteiger partial charge in [0.1, 0.15) is 0 Å². The normalized spacial score (nSPS) is 23.3. The molecule has 1 aliphatic carbocycles. The molecular weight excluding hydrogens is 272 g/mol. The summed E-state index contributed by atoms with van der Waals surface area (Å²) in [5.41, 5.74) is 8.24. The van der Waals surface area contributed by atoms with E-state index in [4.69, 9.17) is 5.73 Å². The van der Waals surface area contributed by atoms with Crippen molar-refractivity contribution in [1.29, 1.82) is 0 Å². The number of hydrogen-bond acceptors (Lipinski definition) is 2. The Labute approximate surface area is 134 Å². The van der Waals surface area contributed by atoms with E-state index in [1.54, 1.807) is 0 Å². The average molecular weight is 302 g/mol. The van der Waals surface area contributed by atoms with E-state index in [0.29, 0.717) is 12.5 Å². The van der Waals surface area contributed by atoms with Crippen LogP contribution in [0.25, 0.3) is 0 Å². The first kappa shape index (κ1) is 17.0. The molecule has 3 nitrogen and oxygen atoms in total. The van der Waals surface area contributed by atoms with Crippen LogP contribution in [0.3, 0.4) is 0 Å². The summed E-state index contributed by atoms with van der Waals surface area (Å²) in [6.07, 6.45) is 3.17. The molecule has 22 heavy (non-hydrogen) atoms. The molecule has 0 aliphatic heterocycles. The number of benzene rings is 1. The van der Waals surface area contributed by atoms with E-state index >= 15 is 0 Å². The largest absolute Gasteiger partial charge is 0.349 e. The molecule has 3 heteroatoms. The third kappa shape index (κ3) is 3.70. The summed E-state index contributed by atoms with van der Waals surface area (Å²) in [6.45, 7) is 9.26. The molecule has 3 N–H and O–H groups in total. The molecule has 2 rings (SSSR count). The monoisotopic (exact) mass is 302 g/mol. The molecule has 3 atom stereocenters. The lowest BCUT2D eigenvalue weighted by atomic mass is 9.80. The first-order valence-electron chi connectivity index (χ1n) is 8.40. The van der Waals surface area contributed by atoms with Gasteiger partial charge in [0.25, 0.3) is 0 Å². The van der Waals surface area contributed by atoms with Crippen LogP contribution in [-0.4, -0.2) is 12.5 Å². The van der Waals surface area contributed by atoms with Gasteiger partial charge < -0.3 is 11.1 Å². The predicted octanol–water partition coefficient (Wildman–Crippen LogP) is 3.57. The molecule has 1 fully saturated rings. The second-order valence-corrected chi connectivity index (χ2v) is 7.70. The highest BCUT2D eigenvalue weighted by atomic mass is 16.2. The second kappa shape index (κ2) is 6.82. The summed E-state index contributed by atoms with van der Waals surface area (Å²) >= 11 is 0. The van der Waals surface area contributed by atoms with E-state index in [-0.39, 0.29) is 23.3 Å². The van der Waals surface area contributed by atoms with Crippen LogP contribution in [0.5, 0.6) is 0 Å². The molecule has 122 valence electrons. The summed E-state index contributed by atoms with van der Waals surface area (Å²) in [7, 11) is 0. The molecule has 1 saturated carbocycles. The van der Waals surface area contributed by atoms with E-state index in [9.17, 15) is 4.79 Å². The average Bonchev–Trinajstić information content (AvgIpc) is 2.93. The minimum absolute atomic E-state index is 0.0280. The number of hydrogen-bond donors (Lipinski definition) is 2. The molecule has 0 saturated heterocycles. The van der Waals surface area contributed by atoms with Gasteiger partial charge in [0.05, 0.1) is 6.04 Å². The second-order valence-electron chi connectivity index (χ2n) is 7.70. The van der Waals surface area contributed by atoms with Crippen LogP contribution in [0, 0.1) is 24.2 Å². The minimum Gasteiger partial charge on any atom is -0.349 e. The van der Waals surface area contributed by atoms with Gasteiger partial charge >= 0.3 is 0 Å². The maximum Gasteiger partial charge on any atom is 0.223 e. The molecule has 1 aromatic rings. The topological polar surface area (TPSA) is 55.1 Å². The van der Waals surface area contributed by atoms with Crippen LogP contribution in [-0.2, 0) is 4.79 Å². The summed E-state index contributed by atoms with van der Waals surface area (Å²) in [5, 5.41) is 3.33. The van der Waals surface area contributed by atoms with Crippen molar-refractivity contribution in [2.45, 2.75) is 53.0 Å². The lowest BCUT2D eigenvalue weighted by Crippen LogP contribution is -2.42. The standard InChI is InChI=1S/C19H30N2O/c1-13-8-5-6-10-15(13)17(19(2,3)4)21-18(22)16-11-7-9-14(16)12-20/h5-6,8,10,14,16-17H,7,9,11-12,20H2,1-4H3,(H,21,22)/t14-,16-,17?/m1/s1. The first-order valence-corrected chi connectivity index (χ1v) is 8.40. The Morgan fingerprint density at radius 1 is 1.32 bits per heavy atom. The number of nitrogens with one attached hydrogen (secondary N) is 1. The Balaban J connectivity index is 2.21. The van der Waals surface area contributed by atoms with Crippen LogP contribution < -0.4 is 11.1 Å². The Morgan fingerprint density at radius 3 is 2.59 bits per heavy atom. The molecule has 0 heterocycles. The molecule has 1 aromatic carbocycles. The van der Waals surface area contributed by atoms with Crippen LogP contribution in [0.15, 0.2) is 24.3 Å². The summed E-state index contributed by atoms with van der Waals surface area (Å²) < 4.78 is 0. The van der Waals surface area contributed by atoms with Crippen molar-refractivity contribution in [3.05, 3.63) is 35.4 Å². The minimum atomic E-state index is -0.0292. The highest BCUT2D eigenvalue weighted by molar-refractivity contribution is 5.80.